The van der Waals surface area contributed by atoms with Crippen molar-refractivity contribution >= 4 is 0 Å². The third kappa shape index (κ3) is 5.05. The molecular formula is C29H34O6. The van der Waals surface area contributed by atoms with E-state index in [9.17, 15) is 0 Å². The molecule has 6 nitrogen and oxygen atoms in total. The second-order valence-corrected chi connectivity index (χ2v) is 8.47. The molecule has 1 heterocycles. The van der Waals surface area contributed by atoms with Crippen molar-refractivity contribution in [2.24, 2.45) is 0 Å². The molecular weight excluding hydrogens is 444 g/mol. The van der Waals surface area contributed by atoms with Gasteiger partial charge in [0.1, 0.15) is 30.0 Å². The molecule has 0 radical (unpaired) electrons. The smallest absolute Gasteiger partial charge is 0.186 e. The predicted octanol–water partition coefficient (Wildman–Crippen LogP) is 4.41. The number of rotatable bonds is 10. The van der Waals surface area contributed by atoms with Crippen LogP contribution in [-0.4, -0.2) is 65.8 Å². The number of hydrogen-bond donors (Lipinski definition) is 0. The zero-order valence-corrected chi connectivity index (χ0v) is 20.7. The average molecular weight is 479 g/mol. The summed E-state index contributed by atoms with van der Waals surface area (Å²) in [5, 5.41) is 0. The van der Waals surface area contributed by atoms with E-state index in [-0.39, 0.29) is 6.61 Å². The maximum atomic E-state index is 6.96. The molecule has 0 spiro atoms. The summed E-state index contributed by atoms with van der Waals surface area (Å²) >= 11 is 0. The van der Waals surface area contributed by atoms with Crippen LogP contribution >= 0.6 is 0 Å². The lowest BCUT2D eigenvalue weighted by molar-refractivity contribution is -0.310. The number of benzene rings is 3. The van der Waals surface area contributed by atoms with Crippen molar-refractivity contribution in [2.75, 3.05) is 35.0 Å². The highest BCUT2D eigenvalue weighted by atomic mass is 16.7. The molecule has 1 fully saturated rings. The molecule has 0 bridgehead atoms. The van der Waals surface area contributed by atoms with E-state index in [4.69, 9.17) is 28.4 Å². The fourth-order valence-corrected chi connectivity index (χ4v) is 4.98. The second kappa shape index (κ2) is 11.9. The van der Waals surface area contributed by atoms with Crippen LogP contribution in [0.4, 0.5) is 0 Å². The summed E-state index contributed by atoms with van der Waals surface area (Å²) in [4.78, 5) is 0. The summed E-state index contributed by atoms with van der Waals surface area (Å²) in [6.45, 7) is 0.230. The van der Waals surface area contributed by atoms with Gasteiger partial charge in [-0.3, -0.25) is 0 Å². The molecule has 4 rings (SSSR count). The first-order valence-electron chi connectivity index (χ1n) is 11.8. The highest BCUT2D eigenvalue weighted by molar-refractivity contribution is 5.47. The van der Waals surface area contributed by atoms with E-state index >= 15 is 0 Å². The maximum absolute atomic E-state index is 6.96. The molecule has 0 amide bonds. The van der Waals surface area contributed by atoms with Crippen molar-refractivity contribution < 1.29 is 28.4 Å². The quantitative estimate of drug-likeness (QED) is 0.403. The van der Waals surface area contributed by atoms with Gasteiger partial charge in [0, 0.05) is 28.4 Å². The van der Waals surface area contributed by atoms with Crippen molar-refractivity contribution in [1.29, 1.82) is 0 Å². The third-order valence-electron chi connectivity index (χ3n) is 6.65. The molecule has 1 aliphatic rings. The van der Waals surface area contributed by atoms with Gasteiger partial charge in [-0.1, -0.05) is 91.0 Å². The Morgan fingerprint density at radius 2 is 1.00 bits per heavy atom. The van der Waals surface area contributed by atoms with Crippen LogP contribution in [0.3, 0.4) is 0 Å². The fraction of sp³-hybridized carbons (Fsp3) is 0.379. The number of ether oxygens (including phenoxy) is 6. The Morgan fingerprint density at radius 1 is 0.571 bits per heavy atom. The predicted molar refractivity (Wildman–Crippen MR) is 133 cm³/mol. The van der Waals surface area contributed by atoms with Gasteiger partial charge >= 0.3 is 0 Å². The van der Waals surface area contributed by atoms with Crippen molar-refractivity contribution in [1.82, 2.24) is 0 Å². The largest absolute Gasteiger partial charge is 0.376 e. The first-order chi connectivity index (χ1) is 17.2. The lowest BCUT2D eigenvalue weighted by atomic mass is 9.80. The van der Waals surface area contributed by atoms with E-state index in [1.165, 1.54) is 0 Å². The summed E-state index contributed by atoms with van der Waals surface area (Å²) in [5.74, 6) is 0. The Kier molecular flexibility index (Phi) is 8.68. The molecule has 0 N–H and O–H groups in total. The van der Waals surface area contributed by atoms with Crippen molar-refractivity contribution in [3.8, 4) is 0 Å². The molecule has 6 heteroatoms. The Morgan fingerprint density at radius 3 is 1.37 bits per heavy atom. The van der Waals surface area contributed by atoms with Gasteiger partial charge in [0.05, 0.1) is 6.61 Å². The minimum absolute atomic E-state index is 0.230. The van der Waals surface area contributed by atoms with Crippen LogP contribution in [0.5, 0.6) is 0 Å². The summed E-state index contributed by atoms with van der Waals surface area (Å²) in [7, 11) is 6.49. The van der Waals surface area contributed by atoms with E-state index in [0.717, 1.165) is 16.7 Å². The van der Waals surface area contributed by atoms with Gasteiger partial charge < -0.3 is 28.4 Å². The molecule has 5 atom stereocenters. The lowest BCUT2D eigenvalue weighted by Gasteiger charge is -2.45. The van der Waals surface area contributed by atoms with Crippen molar-refractivity contribution in [2.45, 2.75) is 36.3 Å². The lowest BCUT2D eigenvalue weighted by Crippen LogP contribution is -2.61. The van der Waals surface area contributed by atoms with E-state index < -0.39 is 36.3 Å². The highest BCUT2D eigenvalue weighted by Crippen LogP contribution is 2.41. The topological polar surface area (TPSA) is 55.4 Å². The van der Waals surface area contributed by atoms with Gasteiger partial charge in [0.25, 0.3) is 0 Å². The zero-order chi connectivity index (χ0) is 24.7. The molecule has 3 aromatic carbocycles. The molecule has 0 aromatic heterocycles. The van der Waals surface area contributed by atoms with E-state index in [0.29, 0.717) is 0 Å². The van der Waals surface area contributed by atoms with Gasteiger partial charge in [0.2, 0.25) is 0 Å². The molecule has 3 aromatic rings. The van der Waals surface area contributed by atoms with Gasteiger partial charge in [-0.15, -0.1) is 0 Å². The average Bonchev–Trinajstić information content (AvgIpc) is 2.94. The van der Waals surface area contributed by atoms with E-state index in [1.54, 1.807) is 28.4 Å². The maximum Gasteiger partial charge on any atom is 0.186 e. The van der Waals surface area contributed by atoms with Gasteiger partial charge in [-0.2, -0.15) is 0 Å². The molecule has 35 heavy (non-hydrogen) atoms. The standard InChI is InChI=1S/C29H34O6/c1-30-25-24(35-28(33-4)27(32-3)26(25)31-2)20-34-29(21-14-8-5-9-15-21,22-16-10-6-11-17-22)23-18-12-7-13-19-23/h5-19,24-28H,20H2,1-4H3/t24-,25-,26+,27?,28+/m1/s1. The number of methoxy groups -OCH3 is 4. The molecule has 0 aliphatic carbocycles. The van der Waals surface area contributed by atoms with E-state index in [2.05, 4.69) is 36.4 Å². The molecule has 1 saturated heterocycles. The Balaban J connectivity index is 1.77. The first kappa shape index (κ1) is 25.5. The molecule has 186 valence electrons. The monoisotopic (exact) mass is 478 g/mol. The normalized spacial score (nSPS) is 24.9. The Bertz CT molecular complexity index is 916. The van der Waals surface area contributed by atoms with Crippen LogP contribution in [0.15, 0.2) is 91.0 Å². The number of hydrogen-bond acceptors (Lipinski definition) is 6. The minimum atomic E-state index is -0.866. The molecule has 0 saturated carbocycles. The second-order valence-electron chi connectivity index (χ2n) is 8.47. The molecule has 1 aliphatic heterocycles. The first-order valence-corrected chi connectivity index (χ1v) is 11.8. The highest BCUT2D eigenvalue weighted by Gasteiger charge is 2.48. The van der Waals surface area contributed by atoms with Gasteiger partial charge in [-0.05, 0) is 16.7 Å². The van der Waals surface area contributed by atoms with Crippen LogP contribution in [0.1, 0.15) is 16.7 Å². The summed E-state index contributed by atoms with van der Waals surface area (Å²) < 4.78 is 36.1. The summed E-state index contributed by atoms with van der Waals surface area (Å²) in [5.41, 5.74) is 2.19. The van der Waals surface area contributed by atoms with Crippen LogP contribution in [0, 0.1) is 0 Å². The summed E-state index contributed by atoms with van der Waals surface area (Å²) in [6.07, 6.45) is -2.33. The van der Waals surface area contributed by atoms with Crippen molar-refractivity contribution in [3.05, 3.63) is 108 Å². The Labute approximate surface area is 207 Å². The third-order valence-corrected chi connectivity index (χ3v) is 6.65. The van der Waals surface area contributed by atoms with E-state index in [1.807, 2.05) is 54.6 Å². The fourth-order valence-electron chi connectivity index (χ4n) is 4.98. The van der Waals surface area contributed by atoms with Crippen LogP contribution in [-0.2, 0) is 34.0 Å². The van der Waals surface area contributed by atoms with Crippen molar-refractivity contribution in [3.63, 3.8) is 0 Å². The van der Waals surface area contributed by atoms with Crippen LogP contribution in [0.25, 0.3) is 0 Å². The minimum Gasteiger partial charge on any atom is -0.376 e. The summed E-state index contributed by atoms with van der Waals surface area (Å²) in [6, 6.07) is 30.7. The molecule has 1 unspecified atom stereocenters. The SMILES string of the molecule is COC1[C@@H](OC)O[C@H](COC(c2ccccc2)(c2ccccc2)c2ccccc2)[C@@H](OC)[C@@H]1OC. The zero-order valence-electron chi connectivity index (χ0n) is 20.7. The van der Waals surface area contributed by atoms with Crippen LogP contribution in [0.2, 0.25) is 0 Å². The van der Waals surface area contributed by atoms with Gasteiger partial charge in [0.15, 0.2) is 6.29 Å². The van der Waals surface area contributed by atoms with Crippen LogP contribution < -0.4 is 0 Å². The van der Waals surface area contributed by atoms with Gasteiger partial charge in [-0.25, -0.2) is 0 Å². The Hall–Kier alpha value is -2.58.